The Hall–Kier alpha value is -5.17. The Bertz CT molecular complexity index is 2030. The topological polar surface area (TPSA) is 33.5 Å². The van der Waals surface area contributed by atoms with E-state index in [1.165, 1.54) is 42.6 Å². The van der Waals surface area contributed by atoms with Gasteiger partial charge in [0.05, 0.1) is 15.8 Å². The number of rotatable bonds is 6. The van der Waals surface area contributed by atoms with Crippen LogP contribution in [0.5, 0.6) is 0 Å². The number of nitrogens with two attached hydrogens (primary N) is 1. The van der Waals surface area contributed by atoms with Gasteiger partial charge in [0.25, 0.3) is 0 Å². The SMILES string of the molecule is [Co+3].[NH2-].[c-]1cccc2ccc3ccc[c-]c3c12.c1ccc([PH+](c2ccccc2)c2ccccc2)cc1.c1ccc([PH+](c2ccccc2)c2ccccc2)cc1. The summed E-state index contributed by atoms with van der Waals surface area (Å²) in [6, 6.07) is 87.9. The van der Waals surface area contributed by atoms with Crippen molar-refractivity contribution in [1.82, 2.24) is 0 Å². The molecule has 0 saturated heterocycles. The van der Waals surface area contributed by atoms with Crippen LogP contribution in [0.4, 0.5) is 0 Å². The van der Waals surface area contributed by atoms with Crippen molar-refractivity contribution in [2.75, 3.05) is 0 Å². The van der Waals surface area contributed by atoms with Gasteiger partial charge in [0.2, 0.25) is 0 Å². The molecule has 0 aliphatic carbocycles. The quantitative estimate of drug-likeness (QED) is 0.0916. The number of hydrogen-bond acceptors (Lipinski definition) is 0. The zero-order valence-electron chi connectivity index (χ0n) is 29.8. The van der Waals surface area contributed by atoms with Gasteiger partial charge in [0.15, 0.2) is 0 Å². The Morgan fingerprint density at radius 2 is 0.481 bits per heavy atom. The molecule has 0 aliphatic rings. The van der Waals surface area contributed by atoms with E-state index in [0.29, 0.717) is 0 Å². The summed E-state index contributed by atoms with van der Waals surface area (Å²) in [4.78, 5) is 0. The predicted molar refractivity (Wildman–Crippen MR) is 237 cm³/mol. The molecule has 0 fully saturated rings. The van der Waals surface area contributed by atoms with Crippen molar-refractivity contribution in [2.45, 2.75) is 0 Å². The molecule has 0 aliphatic heterocycles. The molecule has 54 heavy (non-hydrogen) atoms. The molecule has 4 heteroatoms. The maximum absolute atomic E-state index is 3.26. The first kappa shape index (κ1) is 40.0. The van der Waals surface area contributed by atoms with Crippen LogP contribution in [0.15, 0.2) is 231 Å². The van der Waals surface area contributed by atoms with Crippen LogP contribution in [-0.4, -0.2) is 0 Å². The van der Waals surface area contributed by atoms with Crippen molar-refractivity contribution in [1.29, 1.82) is 0 Å². The van der Waals surface area contributed by atoms with Gasteiger partial charge in [-0.2, -0.15) is 35.0 Å². The first-order valence-electron chi connectivity index (χ1n) is 17.6. The van der Waals surface area contributed by atoms with Gasteiger partial charge in [0.1, 0.15) is 31.8 Å². The van der Waals surface area contributed by atoms with E-state index in [2.05, 4.69) is 218 Å². The van der Waals surface area contributed by atoms with Gasteiger partial charge >= 0.3 is 16.8 Å². The van der Waals surface area contributed by atoms with Gasteiger partial charge in [-0.05, 0) is 72.8 Å². The van der Waals surface area contributed by atoms with E-state index < -0.39 is 15.8 Å². The first-order valence-corrected chi connectivity index (χ1v) is 20.6. The van der Waals surface area contributed by atoms with E-state index in [1.807, 2.05) is 24.3 Å². The summed E-state index contributed by atoms with van der Waals surface area (Å²) >= 11 is 0. The minimum atomic E-state index is -0.877. The van der Waals surface area contributed by atoms with Crippen LogP contribution in [0, 0.1) is 12.1 Å². The Kier molecular flexibility index (Phi) is 15.5. The molecule has 0 unspecified atom stereocenters. The third-order valence-corrected chi connectivity index (χ3v) is 14.3. The molecule has 0 bridgehead atoms. The van der Waals surface area contributed by atoms with Gasteiger partial charge in [-0.1, -0.05) is 109 Å². The molecule has 0 radical (unpaired) electrons. The molecule has 0 aromatic heterocycles. The van der Waals surface area contributed by atoms with Crippen molar-refractivity contribution in [2.24, 2.45) is 0 Å². The molecule has 264 valence electrons. The summed E-state index contributed by atoms with van der Waals surface area (Å²) in [5.41, 5.74) is 0. The fourth-order valence-electron chi connectivity index (χ4n) is 6.42. The molecule has 1 nitrogen and oxygen atoms in total. The first-order chi connectivity index (χ1) is 25.8. The molecule has 0 atom stereocenters. The van der Waals surface area contributed by atoms with E-state index in [1.54, 1.807) is 0 Å². The standard InChI is InChI=1S/2C18H15P.C14H8.Co.H2N/c2*1-4-10-16(11-5-1)19(17-12-6-2-7-13-17)18-14-8-3-9-15-18;1-3-7-13-11(5-1)9-10-12-6-2-4-8-14(12)13;;/h2*1-15H;1-6,9-10H;;1H2/q;;-2;+3;-1/p+2. The maximum Gasteiger partial charge on any atom is 3.00 e. The summed E-state index contributed by atoms with van der Waals surface area (Å²) in [6.45, 7) is 0. The molecule has 0 amide bonds. The van der Waals surface area contributed by atoms with Crippen LogP contribution in [0.3, 0.4) is 0 Å². The minimum absolute atomic E-state index is 0. The Morgan fingerprint density at radius 3 is 0.704 bits per heavy atom. The van der Waals surface area contributed by atoms with E-state index >= 15 is 0 Å². The van der Waals surface area contributed by atoms with Crippen molar-refractivity contribution in [3.8, 4) is 0 Å². The summed E-state index contributed by atoms with van der Waals surface area (Å²) in [5.74, 6) is 0. The largest absolute Gasteiger partial charge is 3.00 e. The number of hydrogen-bond donors (Lipinski definition) is 0. The van der Waals surface area contributed by atoms with Crippen LogP contribution < -0.4 is 31.8 Å². The Balaban J connectivity index is 0.000000155. The van der Waals surface area contributed by atoms with E-state index in [0.717, 1.165) is 10.8 Å². The van der Waals surface area contributed by atoms with Crippen LogP contribution in [-0.2, 0) is 16.8 Å². The second-order valence-corrected chi connectivity index (χ2v) is 17.2. The monoisotopic (exact) mass is 777 g/mol. The average Bonchev–Trinajstić information content (AvgIpc) is 3.24. The van der Waals surface area contributed by atoms with Crippen molar-refractivity contribution >= 4 is 69.2 Å². The summed E-state index contributed by atoms with van der Waals surface area (Å²) in [5, 5.41) is 13.4. The molecule has 0 spiro atoms. The van der Waals surface area contributed by atoms with E-state index in [-0.39, 0.29) is 22.9 Å². The average molecular weight is 778 g/mol. The van der Waals surface area contributed by atoms with Gasteiger partial charge in [-0.15, -0.1) is 36.4 Å². The summed E-state index contributed by atoms with van der Waals surface area (Å²) in [7, 11) is -1.75. The zero-order chi connectivity index (χ0) is 35.2. The zero-order valence-corrected chi connectivity index (χ0v) is 32.9. The van der Waals surface area contributed by atoms with Crippen LogP contribution in [0.25, 0.3) is 27.7 Å². The summed E-state index contributed by atoms with van der Waals surface area (Å²) < 4.78 is 0. The number of benzene rings is 9. The van der Waals surface area contributed by atoms with Crippen molar-refractivity contribution < 1.29 is 16.8 Å². The second-order valence-electron chi connectivity index (χ2n) is 12.3. The van der Waals surface area contributed by atoms with Crippen LogP contribution in [0.2, 0.25) is 0 Å². The van der Waals surface area contributed by atoms with Crippen molar-refractivity contribution in [3.05, 3.63) is 249 Å². The van der Waals surface area contributed by atoms with Crippen LogP contribution >= 0.6 is 15.8 Å². The number of fused-ring (bicyclic) bond motifs is 3. The maximum atomic E-state index is 3.26. The molecule has 9 aromatic rings. The molecule has 0 saturated carbocycles. The Morgan fingerprint density at radius 1 is 0.259 bits per heavy atom. The normalized spacial score (nSPS) is 10.3. The second kappa shape index (κ2) is 20.9. The third kappa shape index (κ3) is 10.3. The fraction of sp³-hybridized carbons (Fsp3) is 0. The molecule has 2 N–H and O–H groups in total. The summed E-state index contributed by atoms with van der Waals surface area (Å²) in [6.07, 6.45) is 0. The van der Waals surface area contributed by atoms with Gasteiger partial charge in [0, 0.05) is 0 Å². The molecular weight excluding hydrogens is 735 g/mol. The molecule has 9 aromatic carbocycles. The van der Waals surface area contributed by atoms with E-state index in [4.69, 9.17) is 0 Å². The Labute approximate surface area is 333 Å². The minimum Gasteiger partial charge on any atom is -0.693 e. The fourth-order valence-corrected chi connectivity index (χ4v) is 11.6. The van der Waals surface area contributed by atoms with E-state index in [9.17, 15) is 0 Å². The third-order valence-electron chi connectivity index (χ3n) is 8.84. The van der Waals surface area contributed by atoms with Crippen molar-refractivity contribution in [3.63, 3.8) is 0 Å². The van der Waals surface area contributed by atoms with Gasteiger partial charge in [-0.3, -0.25) is 0 Å². The smallest absolute Gasteiger partial charge is 0.693 e. The molecule has 9 rings (SSSR count). The van der Waals surface area contributed by atoms with Crippen LogP contribution in [0.1, 0.15) is 0 Å². The molecule has 0 heterocycles. The van der Waals surface area contributed by atoms with Gasteiger partial charge < -0.3 is 6.15 Å². The predicted octanol–water partition coefficient (Wildman–Crippen LogP) is 10.7. The molecular formula is C50H42CoNP2+2. The van der Waals surface area contributed by atoms with Gasteiger partial charge in [-0.25, -0.2) is 10.8 Å².